The quantitative estimate of drug-likeness (QED) is 0.366. The molecule has 0 unspecified atom stereocenters. The van der Waals surface area contributed by atoms with Crippen molar-refractivity contribution in [2.45, 2.75) is 52.4 Å². The number of hydrogen-bond donors (Lipinski definition) is 0. The van der Waals surface area contributed by atoms with Crippen LogP contribution in [0.1, 0.15) is 52.4 Å². The molecule has 1 aliphatic rings. The second kappa shape index (κ2) is 8.73. The second-order valence-corrected chi connectivity index (χ2v) is 4.82. The zero-order valence-corrected chi connectivity index (χ0v) is 11.9. The van der Waals surface area contributed by atoms with Crippen LogP contribution in [0.5, 0.6) is 0 Å². The van der Waals surface area contributed by atoms with Crippen LogP contribution in [-0.2, 0) is 19.1 Å². The lowest BCUT2D eigenvalue weighted by Gasteiger charge is -2.06. The van der Waals surface area contributed by atoms with Gasteiger partial charge in [0.1, 0.15) is 0 Å². The summed E-state index contributed by atoms with van der Waals surface area (Å²) in [6.07, 6.45) is 7.48. The van der Waals surface area contributed by atoms with Gasteiger partial charge in [0.2, 0.25) is 0 Å². The molecule has 1 aliphatic carbocycles. The molecule has 4 nitrogen and oxygen atoms in total. The summed E-state index contributed by atoms with van der Waals surface area (Å²) in [5, 5.41) is 0. The summed E-state index contributed by atoms with van der Waals surface area (Å²) in [6.45, 7) is 4.65. The maximum absolute atomic E-state index is 11.7. The molecule has 19 heavy (non-hydrogen) atoms. The smallest absolute Gasteiger partial charge is 0.334 e. The van der Waals surface area contributed by atoms with Crippen molar-refractivity contribution in [1.29, 1.82) is 0 Å². The van der Waals surface area contributed by atoms with Crippen molar-refractivity contribution >= 4 is 11.9 Å². The van der Waals surface area contributed by atoms with Crippen LogP contribution in [0.2, 0.25) is 0 Å². The molecule has 0 aliphatic heterocycles. The monoisotopic (exact) mass is 268 g/mol. The Kier molecular flexibility index (Phi) is 7.23. The standard InChI is InChI=1S/C15H24O4/c1-3-5-6-7-10-19-14(16)11-13(12-8-9-12)15(17)18-4-2/h11-12H,3-10H2,1-2H3/b13-11+. The highest BCUT2D eigenvalue weighted by Gasteiger charge is 2.32. The molecule has 0 aromatic carbocycles. The van der Waals surface area contributed by atoms with Crippen molar-refractivity contribution in [2.24, 2.45) is 5.92 Å². The molecule has 0 atom stereocenters. The van der Waals surface area contributed by atoms with E-state index in [1.807, 2.05) is 0 Å². The van der Waals surface area contributed by atoms with Crippen molar-refractivity contribution in [3.63, 3.8) is 0 Å². The van der Waals surface area contributed by atoms with Crippen molar-refractivity contribution < 1.29 is 19.1 Å². The van der Waals surface area contributed by atoms with Crippen LogP contribution >= 0.6 is 0 Å². The molecule has 0 N–H and O–H groups in total. The van der Waals surface area contributed by atoms with E-state index in [0.717, 1.165) is 38.5 Å². The normalized spacial score (nSPS) is 15.2. The maximum atomic E-state index is 11.7. The van der Waals surface area contributed by atoms with Crippen LogP contribution in [0.4, 0.5) is 0 Å². The van der Waals surface area contributed by atoms with Crippen molar-refractivity contribution in [3.05, 3.63) is 11.6 Å². The first kappa shape index (κ1) is 15.7. The molecular formula is C15H24O4. The fourth-order valence-corrected chi connectivity index (χ4v) is 1.82. The Morgan fingerprint density at radius 2 is 1.84 bits per heavy atom. The van der Waals surface area contributed by atoms with E-state index in [-0.39, 0.29) is 11.9 Å². The predicted molar refractivity (Wildman–Crippen MR) is 72.5 cm³/mol. The zero-order valence-electron chi connectivity index (χ0n) is 11.9. The molecule has 1 rings (SSSR count). The lowest BCUT2D eigenvalue weighted by molar-refractivity contribution is -0.141. The minimum atomic E-state index is -0.425. The van der Waals surface area contributed by atoms with Gasteiger partial charge in [0, 0.05) is 11.6 Å². The topological polar surface area (TPSA) is 52.6 Å². The van der Waals surface area contributed by atoms with E-state index < -0.39 is 5.97 Å². The van der Waals surface area contributed by atoms with Gasteiger partial charge in [-0.3, -0.25) is 0 Å². The Morgan fingerprint density at radius 3 is 2.42 bits per heavy atom. The van der Waals surface area contributed by atoms with Gasteiger partial charge in [0.15, 0.2) is 0 Å². The van der Waals surface area contributed by atoms with Gasteiger partial charge in [0.25, 0.3) is 0 Å². The highest BCUT2D eigenvalue weighted by molar-refractivity contribution is 5.97. The summed E-state index contributed by atoms with van der Waals surface area (Å²) in [5.41, 5.74) is 0.473. The molecule has 0 aromatic rings. The number of rotatable bonds is 9. The average molecular weight is 268 g/mol. The van der Waals surface area contributed by atoms with Crippen LogP contribution in [0, 0.1) is 5.92 Å². The molecule has 0 saturated heterocycles. The number of carbonyl (C=O) groups excluding carboxylic acids is 2. The van der Waals surface area contributed by atoms with E-state index >= 15 is 0 Å². The fourth-order valence-electron chi connectivity index (χ4n) is 1.82. The minimum absolute atomic E-state index is 0.187. The highest BCUT2D eigenvalue weighted by Crippen LogP contribution is 2.37. The van der Waals surface area contributed by atoms with Crippen LogP contribution in [-0.4, -0.2) is 25.2 Å². The molecule has 0 spiro atoms. The third-order valence-corrected chi connectivity index (χ3v) is 3.04. The third-order valence-electron chi connectivity index (χ3n) is 3.04. The van der Waals surface area contributed by atoms with Gasteiger partial charge in [0.05, 0.1) is 13.2 Å². The first-order chi connectivity index (χ1) is 9.19. The van der Waals surface area contributed by atoms with Crippen molar-refractivity contribution in [2.75, 3.05) is 13.2 Å². The van der Waals surface area contributed by atoms with Crippen molar-refractivity contribution in [1.82, 2.24) is 0 Å². The van der Waals surface area contributed by atoms with Crippen LogP contribution in [0.3, 0.4) is 0 Å². The van der Waals surface area contributed by atoms with E-state index in [0.29, 0.717) is 18.8 Å². The zero-order chi connectivity index (χ0) is 14.1. The predicted octanol–water partition coefficient (Wildman–Crippen LogP) is 3.01. The summed E-state index contributed by atoms with van der Waals surface area (Å²) in [6, 6.07) is 0. The number of hydrogen-bond acceptors (Lipinski definition) is 4. The second-order valence-electron chi connectivity index (χ2n) is 4.82. The molecule has 4 heteroatoms. The highest BCUT2D eigenvalue weighted by atomic mass is 16.5. The molecule has 0 radical (unpaired) electrons. The Balaban J connectivity index is 2.36. The number of carbonyl (C=O) groups is 2. The SMILES string of the molecule is CCCCCCOC(=O)/C=C(/C(=O)OCC)C1CC1. The fraction of sp³-hybridized carbons (Fsp3) is 0.733. The van der Waals surface area contributed by atoms with Gasteiger partial charge in [-0.05, 0) is 32.1 Å². The van der Waals surface area contributed by atoms with Crippen LogP contribution in [0.25, 0.3) is 0 Å². The number of ether oxygens (including phenoxy) is 2. The summed E-state index contributed by atoms with van der Waals surface area (Å²) in [5.74, 6) is -0.619. The van der Waals surface area contributed by atoms with Gasteiger partial charge in [-0.25, -0.2) is 9.59 Å². The molecule has 0 aromatic heterocycles. The summed E-state index contributed by atoms with van der Waals surface area (Å²) < 4.78 is 10.1. The molecule has 0 bridgehead atoms. The Hall–Kier alpha value is -1.32. The first-order valence-corrected chi connectivity index (χ1v) is 7.24. The summed E-state index contributed by atoms with van der Waals surface area (Å²) in [7, 11) is 0. The molecule has 0 heterocycles. The van der Waals surface area contributed by atoms with Gasteiger partial charge in [-0.2, -0.15) is 0 Å². The van der Waals surface area contributed by atoms with Gasteiger partial charge in [-0.15, -0.1) is 0 Å². The Bertz CT molecular complexity index is 329. The number of unbranched alkanes of at least 4 members (excludes halogenated alkanes) is 3. The van der Waals surface area contributed by atoms with E-state index in [1.165, 1.54) is 6.08 Å². The van der Waals surface area contributed by atoms with Crippen molar-refractivity contribution in [3.8, 4) is 0 Å². The van der Waals surface area contributed by atoms with E-state index in [1.54, 1.807) is 6.92 Å². The minimum Gasteiger partial charge on any atom is -0.463 e. The number of esters is 2. The molecule has 0 amide bonds. The Morgan fingerprint density at radius 1 is 1.11 bits per heavy atom. The van der Waals surface area contributed by atoms with E-state index in [4.69, 9.17) is 9.47 Å². The molecular weight excluding hydrogens is 244 g/mol. The Labute approximate surface area is 115 Å². The summed E-state index contributed by atoms with van der Waals surface area (Å²) >= 11 is 0. The lowest BCUT2D eigenvalue weighted by atomic mass is 10.1. The van der Waals surface area contributed by atoms with Crippen LogP contribution in [0.15, 0.2) is 11.6 Å². The molecule has 108 valence electrons. The van der Waals surface area contributed by atoms with Crippen LogP contribution < -0.4 is 0 Å². The molecule has 1 fully saturated rings. The van der Waals surface area contributed by atoms with E-state index in [2.05, 4.69) is 6.92 Å². The third kappa shape index (κ3) is 6.41. The average Bonchev–Trinajstić information content (AvgIpc) is 3.20. The molecule has 1 saturated carbocycles. The largest absolute Gasteiger partial charge is 0.463 e. The summed E-state index contributed by atoms with van der Waals surface area (Å²) in [4.78, 5) is 23.3. The maximum Gasteiger partial charge on any atom is 0.334 e. The lowest BCUT2D eigenvalue weighted by Crippen LogP contribution is -2.12. The first-order valence-electron chi connectivity index (χ1n) is 7.24. The van der Waals surface area contributed by atoms with Gasteiger partial charge < -0.3 is 9.47 Å². The van der Waals surface area contributed by atoms with Gasteiger partial charge >= 0.3 is 11.9 Å². The van der Waals surface area contributed by atoms with Gasteiger partial charge in [-0.1, -0.05) is 26.2 Å². The van der Waals surface area contributed by atoms with E-state index in [9.17, 15) is 9.59 Å².